The molecule has 148 valence electrons. The third-order valence-corrected chi connectivity index (χ3v) is 4.47. The molecule has 0 fully saturated rings. The molecule has 4 aromatic rings. The molecular weight excluding hydrogens is 716 g/mol. The van der Waals surface area contributed by atoms with Gasteiger partial charge in [-0.25, -0.2) is 0 Å². The van der Waals surface area contributed by atoms with Crippen molar-refractivity contribution in [3.8, 4) is 11.8 Å². The Morgan fingerprint density at radius 2 is 1.43 bits per heavy atom. The van der Waals surface area contributed by atoms with E-state index < -0.39 is 5.69 Å². The Morgan fingerprint density at radius 1 is 0.800 bits per heavy atom. The van der Waals surface area contributed by atoms with Crippen LogP contribution in [-0.2, 0) is 55.1 Å². The summed E-state index contributed by atoms with van der Waals surface area (Å²) in [5.41, 5.74) is 2.26. The van der Waals surface area contributed by atoms with Crippen LogP contribution in [0.5, 0.6) is 0 Å². The Balaban J connectivity index is 0.00000160. The third-order valence-electron chi connectivity index (χ3n) is 4.47. The maximum Gasteiger partial charge on any atom is 0.181 e. The number of benzene rings is 3. The van der Waals surface area contributed by atoms with Gasteiger partial charge in [0.25, 0.3) is 0 Å². The number of aromatic nitrogens is 2. The molecule has 0 unspecified atom stereocenters. The first kappa shape index (κ1) is 23.8. The first-order valence-corrected chi connectivity index (χ1v) is 8.99. The molecule has 0 bridgehead atoms. The van der Waals surface area contributed by atoms with E-state index in [4.69, 9.17) is 0 Å². The van der Waals surface area contributed by atoms with E-state index in [0.717, 1.165) is 16.7 Å². The minimum Gasteiger partial charge on any atom is -0.400 e. The van der Waals surface area contributed by atoms with Crippen molar-refractivity contribution >= 4 is 10.9 Å². The monoisotopic (exact) mass is 733 g/mol. The maximum atomic E-state index is 12.9. The first-order chi connectivity index (χ1) is 13.7. The molecule has 0 atom stereocenters. The van der Waals surface area contributed by atoms with E-state index >= 15 is 0 Å². The molecular formula is C24H17N2O2W2-. The number of rotatable bonds is 3. The third kappa shape index (κ3) is 5.57. The van der Waals surface area contributed by atoms with Crippen LogP contribution >= 0.6 is 0 Å². The van der Waals surface area contributed by atoms with Gasteiger partial charge in [0.15, 0.2) is 11.2 Å². The van der Waals surface area contributed by atoms with Crippen LogP contribution in [0.2, 0.25) is 0 Å². The standard InChI is InChI=1S/C24H18N2O2.2W/c27-23-21-16-19(13-7-12-18-8-3-1-4-9-18)14-15-22(21)25-24(28)26(23)17-20-10-5-2-6-11-20;;/h1-6,8-11,14-16H,12,17H2,(H,25,27,28);;/p-1. The first-order valence-electron chi connectivity index (χ1n) is 8.99. The Morgan fingerprint density at radius 3 is 2.10 bits per heavy atom. The van der Waals surface area contributed by atoms with Crippen molar-refractivity contribution in [2.24, 2.45) is 0 Å². The van der Waals surface area contributed by atoms with Crippen molar-refractivity contribution in [1.82, 2.24) is 9.55 Å². The van der Waals surface area contributed by atoms with Gasteiger partial charge in [0.1, 0.15) is 0 Å². The van der Waals surface area contributed by atoms with E-state index in [9.17, 15) is 9.59 Å². The van der Waals surface area contributed by atoms with Gasteiger partial charge in [0.05, 0.1) is 0 Å². The van der Waals surface area contributed by atoms with Crippen LogP contribution < -0.4 is 16.2 Å². The summed E-state index contributed by atoms with van der Waals surface area (Å²) >= 11 is 0. The summed E-state index contributed by atoms with van der Waals surface area (Å²) in [7, 11) is 0. The van der Waals surface area contributed by atoms with E-state index in [-0.39, 0.29) is 54.2 Å². The molecule has 3 aromatic carbocycles. The fraction of sp³-hybridized carbons (Fsp3) is 0.0833. The topological polar surface area (TPSA) is 53.2 Å². The fourth-order valence-electron chi connectivity index (χ4n) is 3.03. The molecule has 0 saturated heterocycles. The zero-order valence-corrected chi connectivity index (χ0v) is 21.8. The van der Waals surface area contributed by atoms with Crippen molar-refractivity contribution in [1.29, 1.82) is 0 Å². The van der Waals surface area contributed by atoms with Crippen LogP contribution in [0.4, 0.5) is 0 Å². The molecule has 0 aliphatic rings. The van der Waals surface area contributed by atoms with Crippen molar-refractivity contribution < 1.29 is 42.1 Å². The maximum absolute atomic E-state index is 12.9. The molecule has 30 heavy (non-hydrogen) atoms. The van der Waals surface area contributed by atoms with Gasteiger partial charge in [-0.3, -0.25) is 9.59 Å². The quantitative estimate of drug-likeness (QED) is 0.305. The van der Waals surface area contributed by atoms with Crippen LogP contribution in [0.1, 0.15) is 16.7 Å². The van der Waals surface area contributed by atoms with Gasteiger partial charge in [-0.05, 0) is 35.3 Å². The Bertz CT molecular complexity index is 1300. The summed E-state index contributed by atoms with van der Waals surface area (Å²) in [5, 5.41) is 0.405. The predicted octanol–water partition coefficient (Wildman–Crippen LogP) is 2.96. The molecule has 1 heterocycles. The van der Waals surface area contributed by atoms with E-state index in [2.05, 4.69) is 16.8 Å². The molecule has 0 radical (unpaired) electrons. The smallest absolute Gasteiger partial charge is 0.181 e. The molecule has 6 heteroatoms. The molecule has 1 aromatic heterocycles. The van der Waals surface area contributed by atoms with Crippen molar-refractivity contribution in [2.45, 2.75) is 13.0 Å². The Hall–Kier alpha value is -2.46. The SMILES string of the molecule is O=c1[n-]c2ccc(C#CCc3ccccc3)cc2c(=O)n1Cc1ccccc1.[W].[W]. The number of hydrogen-bond donors (Lipinski definition) is 0. The summed E-state index contributed by atoms with van der Waals surface area (Å²) in [6.07, 6.45) is 0.634. The summed E-state index contributed by atoms with van der Waals surface area (Å²) in [6.45, 7) is 0.200. The van der Waals surface area contributed by atoms with Gasteiger partial charge >= 0.3 is 0 Å². The van der Waals surface area contributed by atoms with Gasteiger partial charge < -0.3 is 9.55 Å². The minimum atomic E-state index is -0.538. The van der Waals surface area contributed by atoms with Gasteiger partial charge in [-0.15, -0.1) is 0 Å². The number of hydrogen-bond acceptors (Lipinski definition) is 2. The average Bonchev–Trinajstić information content (AvgIpc) is 2.73. The minimum absolute atomic E-state index is 0. The molecule has 0 aliphatic carbocycles. The second kappa shape index (κ2) is 11.1. The summed E-state index contributed by atoms with van der Waals surface area (Å²) < 4.78 is 1.17. The number of fused-ring (bicyclic) bond motifs is 1. The normalized spacial score (nSPS) is 9.73. The van der Waals surface area contributed by atoms with Crippen LogP contribution in [-0.4, -0.2) is 4.57 Å². The second-order valence-corrected chi connectivity index (χ2v) is 6.47. The molecule has 0 aliphatic heterocycles. The van der Waals surface area contributed by atoms with Gasteiger partial charge in [-0.1, -0.05) is 78.6 Å². The van der Waals surface area contributed by atoms with Crippen molar-refractivity contribution in [2.75, 3.05) is 0 Å². The van der Waals surface area contributed by atoms with Crippen molar-refractivity contribution in [3.05, 3.63) is 116 Å². The summed E-state index contributed by atoms with van der Waals surface area (Å²) in [6, 6.07) is 24.6. The van der Waals surface area contributed by atoms with Crippen LogP contribution in [0.25, 0.3) is 10.9 Å². The van der Waals surface area contributed by atoms with E-state index in [0.29, 0.717) is 17.3 Å². The molecule has 4 rings (SSSR count). The Labute approximate surface area is 202 Å². The average molecular weight is 733 g/mol. The van der Waals surface area contributed by atoms with Gasteiger partial charge in [-0.2, -0.15) is 0 Å². The van der Waals surface area contributed by atoms with Crippen LogP contribution in [0, 0.1) is 11.8 Å². The summed E-state index contributed by atoms with van der Waals surface area (Å²) in [4.78, 5) is 29.2. The molecule has 0 saturated carbocycles. The van der Waals surface area contributed by atoms with E-state index in [1.54, 1.807) is 18.2 Å². The van der Waals surface area contributed by atoms with Gasteiger partial charge in [0, 0.05) is 59.5 Å². The zero-order valence-electron chi connectivity index (χ0n) is 15.9. The molecule has 4 nitrogen and oxygen atoms in total. The second-order valence-electron chi connectivity index (χ2n) is 6.47. The van der Waals surface area contributed by atoms with E-state index in [1.807, 2.05) is 60.7 Å². The molecule has 0 N–H and O–H groups in total. The van der Waals surface area contributed by atoms with E-state index in [1.165, 1.54) is 4.57 Å². The molecule has 0 spiro atoms. The van der Waals surface area contributed by atoms with Gasteiger partial charge in [0.2, 0.25) is 0 Å². The Kier molecular flexibility index (Phi) is 8.79. The van der Waals surface area contributed by atoms with Crippen molar-refractivity contribution in [3.63, 3.8) is 0 Å². The van der Waals surface area contributed by atoms with Crippen LogP contribution in [0.15, 0.2) is 88.5 Å². The predicted molar refractivity (Wildman–Crippen MR) is 110 cm³/mol. The largest absolute Gasteiger partial charge is 0.400 e. The van der Waals surface area contributed by atoms with Crippen LogP contribution in [0.3, 0.4) is 0 Å². The molecule has 0 amide bonds. The number of nitrogens with zero attached hydrogens (tertiary/aromatic N) is 2. The summed E-state index contributed by atoms with van der Waals surface area (Å²) in [5.74, 6) is 6.22. The zero-order chi connectivity index (χ0) is 19.3. The fourth-order valence-corrected chi connectivity index (χ4v) is 3.03.